The van der Waals surface area contributed by atoms with Crippen molar-refractivity contribution in [3.05, 3.63) is 0 Å². The maximum Gasteiger partial charge on any atom is 0.410 e. The Hall–Kier alpha value is -0.730. The van der Waals surface area contributed by atoms with Gasteiger partial charge in [-0.3, -0.25) is 0 Å². The van der Waals surface area contributed by atoms with Gasteiger partial charge < -0.3 is 9.64 Å². The normalized spacial score (nSPS) is 31.6. The molecule has 0 aliphatic heterocycles. The highest BCUT2D eigenvalue weighted by Crippen LogP contribution is 2.52. The maximum atomic E-state index is 11.9. The molecule has 17 heavy (non-hydrogen) atoms. The van der Waals surface area contributed by atoms with Crippen LogP contribution in [0.5, 0.6) is 0 Å². The number of amides is 1. The average Bonchev–Trinajstić information content (AvgIpc) is 2.94. The molecule has 3 heteroatoms. The molecule has 3 nitrogen and oxygen atoms in total. The van der Waals surface area contributed by atoms with E-state index in [0.717, 1.165) is 18.4 Å². The number of hydrogen-bond acceptors (Lipinski definition) is 2. The third-order valence-corrected chi connectivity index (χ3v) is 3.95. The lowest BCUT2D eigenvalue weighted by Gasteiger charge is -2.29. The van der Waals surface area contributed by atoms with Gasteiger partial charge in [-0.05, 0) is 51.4 Å². The zero-order valence-corrected chi connectivity index (χ0v) is 11.5. The molecule has 98 valence electrons. The Balaban J connectivity index is 1.80. The van der Waals surface area contributed by atoms with Crippen LogP contribution in [0.2, 0.25) is 0 Å². The first-order valence-corrected chi connectivity index (χ1v) is 6.81. The lowest BCUT2D eigenvalue weighted by molar-refractivity contribution is 0.0257. The molecule has 0 aromatic carbocycles. The van der Waals surface area contributed by atoms with Crippen molar-refractivity contribution in [3.63, 3.8) is 0 Å². The fourth-order valence-corrected chi connectivity index (χ4v) is 3.03. The van der Waals surface area contributed by atoms with E-state index >= 15 is 0 Å². The van der Waals surface area contributed by atoms with E-state index in [4.69, 9.17) is 4.74 Å². The standard InChI is InChI=1S/C14H25NO2/c1-14(2,3)17-13(16)15(4)9-11-7-5-6-10-8-12(10)11/h10-12H,5-9H2,1-4H3. The van der Waals surface area contributed by atoms with Crippen LogP contribution in [0.3, 0.4) is 0 Å². The van der Waals surface area contributed by atoms with Gasteiger partial charge in [0.25, 0.3) is 0 Å². The Morgan fingerprint density at radius 1 is 1.35 bits per heavy atom. The van der Waals surface area contributed by atoms with Gasteiger partial charge in [-0.15, -0.1) is 0 Å². The molecule has 0 bridgehead atoms. The first-order chi connectivity index (χ1) is 7.87. The van der Waals surface area contributed by atoms with Crippen molar-refractivity contribution >= 4 is 6.09 Å². The Morgan fingerprint density at radius 2 is 2.06 bits per heavy atom. The zero-order chi connectivity index (χ0) is 12.6. The minimum atomic E-state index is -0.389. The molecule has 0 aromatic heterocycles. The van der Waals surface area contributed by atoms with E-state index in [2.05, 4.69) is 0 Å². The molecule has 2 aliphatic rings. The second kappa shape index (κ2) is 4.51. The highest BCUT2D eigenvalue weighted by molar-refractivity contribution is 5.67. The molecule has 2 aliphatic carbocycles. The smallest absolute Gasteiger partial charge is 0.410 e. The van der Waals surface area contributed by atoms with Gasteiger partial charge in [0, 0.05) is 13.6 Å². The molecule has 0 heterocycles. The summed E-state index contributed by atoms with van der Waals surface area (Å²) in [5.74, 6) is 2.58. The van der Waals surface area contributed by atoms with Gasteiger partial charge in [0.2, 0.25) is 0 Å². The summed E-state index contributed by atoms with van der Waals surface area (Å²) in [7, 11) is 1.86. The van der Waals surface area contributed by atoms with Crippen LogP contribution in [-0.4, -0.2) is 30.2 Å². The summed E-state index contributed by atoms with van der Waals surface area (Å²) in [6.45, 7) is 6.61. The minimum absolute atomic E-state index is 0.180. The van der Waals surface area contributed by atoms with Crippen molar-refractivity contribution in [2.45, 2.75) is 52.1 Å². The van der Waals surface area contributed by atoms with Crippen LogP contribution in [0.15, 0.2) is 0 Å². The number of carbonyl (C=O) groups excluding carboxylic acids is 1. The van der Waals surface area contributed by atoms with E-state index in [1.165, 1.54) is 25.7 Å². The number of nitrogens with zero attached hydrogens (tertiary/aromatic N) is 1. The largest absolute Gasteiger partial charge is 0.444 e. The summed E-state index contributed by atoms with van der Waals surface area (Å²) >= 11 is 0. The molecule has 2 saturated carbocycles. The number of rotatable bonds is 2. The number of ether oxygens (including phenoxy) is 1. The Bertz CT molecular complexity index is 295. The summed E-state index contributed by atoms with van der Waals surface area (Å²) in [5, 5.41) is 0. The topological polar surface area (TPSA) is 29.5 Å². The van der Waals surface area contributed by atoms with E-state index in [0.29, 0.717) is 5.92 Å². The fourth-order valence-electron chi connectivity index (χ4n) is 3.03. The molecular formula is C14H25NO2. The quantitative estimate of drug-likeness (QED) is 0.740. The molecule has 2 fully saturated rings. The minimum Gasteiger partial charge on any atom is -0.444 e. The molecule has 2 rings (SSSR count). The van der Waals surface area contributed by atoms with Crippen LogP contribution in [0.4, 0.5) is 4.79 Å². The van der Waals surface area contributed by atoms with E-state index in [1.807, 2.05) is 27.8 Å². The van der Waals surface area contributed by atoms with Gasteiger partial charge in [0.15, 0.2) is 0 Å². The second-order valence-corrected chi connectivity index (χ2v) is 6.71. The van der Waals surface area contributed by atoms with Gasteiger partial charge in [-0.1, -0.05) is 12.8 Å². The number of carbonyl (C=O) groups is 1. The zero-order valence-electron chi connectivity index (χ0n) is 11.5. The van der Waals surface area contributed by atoms with Crippen LogP contribution in [-0.2, 0) is 4.74 Å². The molecule has 3 atom stereocenters. The van der Waals surface area contributed by atoms with Crippen molar-refractivity contribution in [2.75, 3.05) is 13.6 Å². The van der Waals surface area contributed by atoms with Gasteiger partial charge >= 0.3 is 6.09 Å². The molecular weight excluding hydrogens is 214 g/mol. The second-order valence-electron chi connectivity index (χ2n) is 6.71. The van der Waals surface area contributed by atoms with Gasteiger partial charge in [-0.25, -0.2) is 4.79 Å². The predicted molar refractivity (Wildman–Crippen MR) is 67.8 cm³/mol. The lowest BCUT2D eigenvalue weighted by Crippen LogP contribution is -2.37. The van der Waals surface area contributed by atoms with E-state index in [1.54, 1.807) is 4.90 Å². The van der Waals surface area contributed by atoms with E-state index < -0.39 is 0 Å². The predicted octanol–water partition coefficient (Wildman–Crippen LogP) is 3.29. The van der Waals surface area contributed by atoms with Crippen molar-refractivity contribution in [3.8, 4) is 0 Å². The Labute approximate surface area is 105 Å². The van der Waals surface area contributed by atoms with Crippen LogP contribution in [0.25, 0.3) is 0 Å². The van der Waals surface area contributed by atoms with Crippen LogP contribution < -0.4 is 0 Å². The van der Waals surface area contributed by atoms with Crippen molar-refractivity contribution in [1.29, 1.82) is 0 Å². The fraction of sp³-hybridized carbons (Fsp3) is 0.929. The average molecular weight is 239 g/mol. The van der Waals surface area contributed by atoms with Crippen LogP contribution in [0.1, 0.15) is 46.5 Å². The monoisotopic (exact) mass is 239 g/mol. The van der Waals surface area contributed by atoms with Crippen LogP contribution >= 0.6 is 0 Å². The molecule has 0 saturated heterocycles. The Kier molecular flexibility index (Phi) is 3.37. The van der Waals surface area contributed by atoms with E-state index in [9.17, 15) is 4.79 Å². The summed E-state index contributed by atoms with van der Waals surface area (Å²) in [5.41, 5.74) is -0.389. The van der Waals surface area contributed by atoms with Crippen molar-refractivity contribution < 1.29 is 9.53 Å². The third-order valence-electron chi connectivity index (χ3n) is 3.95. The van der Waals surface area contributed by atoms with Gasteiger partial charge in [0.1, 0.15) is 5.60 Å². The van der Waals surface area contributed by atoms with Gasteiger partial charge in [0.05, 0.1) is 0 Å². The summed E-state index contributed by atoms with van der Waals surface area (Å²) < 4.78 is 5.38. The maximum absolute atomic E-state index is 11.9. The van der Waals surface area contributed by atoms with Gasteiger partial charge in [-0.2, -0.15) is 0 Å². The van der Waals surface area contributed by atoms with E-state index in [-0.39, 0.29) is 11.7 Å². The summed E-state index contributed by atoms with van der Waals surface area (Å²) in [6.07, 6.45) is 5.26. The molecule has 0 radical (unpaired) electrons. The molecule has 0 N–H and O–H groups in total. The lowest BCUT2D eigenvalue weighted by atomic mass is 9.89. The Morgan fingerprint density at radius 3 is 2.71 bits per heavy atom. The number of fused-ring (bicyclic) bond motifs is 1. The molecule has 1 amide bonds. The molecule has 3 unspecified atom stereocenters. The SMILES string of the molecule is CN(CC1CCCC2CC21)C(=O)OC(C)(C)C. The third kappa shape index (κ3) is 3.36. The first-order valence-electron chi connectivity index (χ1n) is 6.81. The van der Waals surface area contributed by atoms with Crippen molar-refractivity contribution in [2.24, 2.45) is 17.8 Å². The highest BCUT2D eigenvalue weighted by Gasteiger charge is 2.45. The number of hydrogen-bond donors (Lipinski definition) is 0. The first kappa shape index (κ1) is 12.7. The molecule has 0 spiro atoms. The van der Waals surface area contributed by atoms with Crippen molar-refractivity contribution in [1.82, 2.24) is 4.90 Å². The summed E-state index contributed by atoms with van der Waals surface area (Å²) in [6, 6.07) is 0. The highest BCUT2D eigenvalue weighted by atomic mass is 16.6. The summed E-state index contributed by atoms with van der Waals surface area (Å²) in [4.78, 5) is 13.6. The molecule has 0 aromatic rings. The van der Waals surface area contributed by atoms with Crippen LogP contribution in [0, 0.1) is 17.8 Å².